The van der Waals surface area contributed by atoms with Gasteiger partial charge in [0.2, 0.25) is 5.95 Å². The summed E-state index contributed by atoms with van der Waals surface area (Å²) in [6.45, 7) is 1.94. The molecule has 0 atom stereocenters. The van der Waals surface area contributed by atoms with E-state index in [-0.39, 0.29) is 11.5 Å². The lowest BCUT2D eigenvalue weighted by Gasteiger charge is -2.15. The highest BCUT2D eigenvalue weighted by atomic mass is 16.1. The van der Waals surface area contributed by atoms with Gasteiger partial charge in [0.15, 0.2) is 0 Å². The SMILES string of the molecule is Nc1nc(N2CCCC2)cc(=O)[nH]1. The highest BCUT2D eigenvalue weighted by molar-refractivity contribution is 5.41. The summed E-state index contributed by atoms with van der Waals surface area (Å²) in [7, 11) is 0. The van der Waals surface area contributed by atoms with Crippen molar-refractivity contribution in [2.75, 3.05) is 23.7 Å². The van der Waals surface area contributed by atoms with E-state index in [1.165, 1.54) is 6.07 Å². The summed E-state index contributed by atoms with van der Waals surface area (Å²) in [6, 6.07) is 1.49. The lowest BCUT2D eigenvalue weighted by molar-refractivity contribution is 0.926. The van der Waals surface area contributed by atoms with Crippen LogP contribution in [0.25, 0.3) is 0 Å². The first-order chi connectivity index (χ1) is 6.25. The minimum absolute atomic E-state index is 0.186. The van der Waals surface area contributed by atoms with Crippen LogP contribution in [0.3, 0.4) is 0 Å². The first-order valence-electron chi connectivity index (χ1n) is 4.37. The van der Waals surface area contributed by atoms with E-state index in [0.29, 0.717) is 5.82 Å². The number of H-pyrrole nitrogens is 1. The van der Waals surface area contributed by atoms with Crippen molar-refractivity contribution in [2.45, 2.75) is 12.8 Å². The molecule has 0 unspecified atom stereocenters. The standard InChI is InChI=1S/C8H12N4O/c9-8-10-6(5-7(13)11-8)12-3-1-2-4-12/h5H,1-4H2,(H3,9,10,11,13). The third kappa shape index (κ3) is 1.63. The van der Waals surface area contributed by atoms with Crippen molar-refractivity contribution >= 4 is 11.8 Å². The number of nitrogens with two attached hydrogens (primary N) is 1. The number of hydrogen-bond acceptors (Lipinski definition) is 4. The second-order valence-corrected chi connectivity index (χ2v) is 3.18. The van der Waals surface area contributed by atoms with E-state index in [4.69, 9.17) is 5.73 Å². The van der Waals surface area contributed by atoms with Gasteiger partial charge < -0.3 is 10.6 Å². The number of anilines is 2. The maximum absolute atomic E-state index is 11.1. The molecule has 1 aromatic rings. The number of nitrogen functional groups attached to an aromatic ring is 1. The van der Waals surface area contributed by atoms with Crippen LogP contribution in [0, 0.1) is 0 Å². The topological polar surface area (TPSA) is 75.0 Å². The number of rotatable bonds is 1. The van der Waals surface area contributed by atoms with Crippen LogP contribution in [-0.4, -0.2) is 23.1 Å². The van der Waals surface area contributed by atoms with Crippen LogP contribution in [0.5, 0.6) is 0 Å². The Labute approximate surface area is 75.6 Å². The summed E-state index contributed by atoms with van der Waals surface area (Å²) in [5.74, 6) is 0.883. The van der Waals surface area contributed by atoms with E-state index in [1.807, 2.05) is 0 Å². The maximum Gasteiger partial charge on any atom is 0.254 e. The average molecular weight is 180 g/mol. The van der Waals surface area contributed by atoms with Crippen LogP contribution >= 0.6 is 0 Å². The Morgan fingerprint density at radius 3 is 2.77 bits per heavy atom. The number of aromatic amines is 1. The van der Waals surface area contributed by atoms with Crippen molar-refractivity contribution in [3.05, 3.63) is 16.4 Å². The molecule has 1 aliphatic heterocycles. The fraction of sp³-hybridized carbons (Fsp3) is 0.500. The second-order valence-electron chi connectivity index (χ2n) is 3.18. The van der Waals surface area contributed by atoms with Gasteiger partial charge in [-0.25, -0.2) is 0 Å². The molecule has 0 aliphatic carbocycles. The number of hydrogen-bond donors (Lipinski definition) is 2. The molecule has 0 spiro atoms. The molecule has 2 rings (SSSR count). The highest BCUT2D eigenvalue weighted by Crippen LogP contribution is 2.15. The molecule has 3 N–H and O–H groups in total. The van der Waals surface area contributed by atoms with Gasteiger partial charge in [0.1, 0.15) is 5.82 Å². The van der Waals surface area contributed by atoms with Crippen LogP contribution in [-0.2, 0) is 0 Å². The van der Waals surface area contributed by atoms with Gasteiger partial charge in [-0.2, -0.15) is 4.98 Å². The van der Waals surface area contributed by atoms with Crippen LogP contribution in [0.1, 0.15) is 12.8 Å². The minimum atomic E-state index is -0.186. The zero-order valence-electron chi connectivity index (χ0n) is 7.29. The van der Waals surface area contributed by atoms with E-state index >= 15 is 0 Å². The first-order valence-corrected chi connectivity index (χ1v) is 4.37. The Bertz CT molecular complexity index is 353. The number of aromatic nitrogens is 2. The van der Waals surface area contributed by atoms with E-state index in [2.05, 4.69) is 14.9 Å². The molecule has 5 heteroatoms. The molecular formula is C8H12N4O. The zero-order valence-corrected chi connectivity index (χ0v) is 7.29. The van der Waals surface area contributed by atoms with E-state index in [1.54, 1.807) is 0 Å². The number of nitrogens with zero attached hydrogens (tertiary/aromatic N) is 2. The molecule has 0 saturated carbocycles. The third-order valence-corrected chi connectivity index (χ3v) is 2.18. The van der Waals surface area contributed by atoms with Crippen molar-refractivity contribution in [1.82, 2.24) is 9.97 Å². The molecule has 1 aliphatic rings. The summed E-state index contributed by atoms with van der Waals surface area (Å²) < 4.78 is 0. The quantitative estimate of drug-likeness (QED) is 0.635. The molecule has 70 valence electrons. The van der Waals surface area contributed by atoms with Gasteiger partial charge in [0.25, 0.3) is 5.56 Å². The third-order valence-electron chi connectivity index (χ3n) is 2.18. The molecule has 0 amide bonds. The molecule has 0 radical (unpaired) electrons. The molecule has 0 aromatic carbocycles. The van der Waals surface area contributed by atoms with Gasteiger partial charge in [-0.15, -0.1) is 0 Å². The summed E-state index contributed by atoms with van der Waals surface area (Å²) >= 11 is 0. The molecular weight excluding hydrogens is 168 g/mol. The monoisotopic (exact) mass is 180 g/mol. The Hall–Kier alpha value is -1.52. The normalized spacial score (nSPS) is 16.5. The molecule has 1 saturated heterocycles. The van der Waals surface area contributed by atoms with Crippen molar-refractivity contribution in [3.63, 3.8) is 0 Å². The minimum Gasteiger partial charge on any atom is -0.369 e. The van der Waals surface area contributed by atoms with Crippen molar-refractivity contribution in [1.29, 1.82) is 0 Å². The second kappa shape index (κ2) is 3.08. The summed E-state index contributed by atoms with van der Waals surface area (Å²) in [4.78, 5) is 19.6. The fourth-order valence-electron chi connectivity index (χ4n) is 1.57. The summed E-state index contributed by atoms with van der Waals surface area (Å²) in [5.41, 5.74) is 5.25. The molecule has 5 nitrogen and oxygen atoms in total. The molecule has 2 heterocycles. The Morgan fingerprint density at radius 1 is 1.46 bits per heavy atom. The lowest BCUT2D eigenvalue weighted by Crippen LogP contribution is -2.22. The largest absolute Gasteiger partial charge is 0.369 e. The van der Waals surface area contributed by atoms with Gasteiger partial charge in [-0.1, -0.05) is 0 Å². The van der Waals surface area contributed by atoms with Crippen LogP contribution < -0.4 is 16.2 Å². The van der Waals surface area contributed by atoms with Gasteiger partial charge in [0.05, 0.1) is 0 Å². The fourth-order valence-corrected chi connectivity index (χ4v) is 1.57. The van der Waals surface area contributed by atoms with Gasteiger partial charge in [-0.05, 0) is 12.8 Å². The van der Waals surface area contributed by atoms with Gasteiger partial charge in [-0.3, -0.25) is 9.78 Å². The lowest BCUT2D eigenvalue weighted by atomic mass is 10.4. The average Bonchev–Trinajstić information content (AvgIpc) is 2.53. The summed E-state index contributed by atoms with van der Waals surface area (Å²) in [6.07, 6.45) is 2.32. The van der Waals surface area contributed by atoms with Crippen molar-refractivity contribution in [2.24, 2.45) is 0 Å². The zero-order chi connectivity index (χ0) is 9.26. The van der Waals surface area contributed by atoms with Gasteiger partial charge >= 0.3 is 0 Å². The molecule has 1 aromatic heterocycles. The van der Waals surface area contributed by atoms with E-state index in [0.717, 1.165) is 25.9 Å². The Balaban J connectivity index is 2.33. The smallest absolute Gasteiger partial charge is 0.254 e. The molecule has 0 bridgehead atoms. The van der Waals surface area contributed by atoms with Crippen molar-refractivity contribution < 1.29 is 0 Å². The maximum atomic E-state index is 11.1. The van der Waals surface area contributed by atoms with Crippen LogP contribution in [0.15, 0.2) is 10.9 Å². The Morgan fingerprint density at radius 2 is 2.15 bits per heavy atom. The van der Waals surface area contributed by atoms with Crippen molar-refractivity contribution in [3.8, 4) is 0 Å². The first kappa shape index (κ1) is 8.10. The predicted molar refractivity (Wildman–Crippen MR) is 50.7 cm³/mol. The molecule has 13 heavy (non-hydrogen) atoms. The van der Waals surface area contributed by atoms with Crippen LogP contribution in [0.2, 0.25) is 0 Å². The highest BCUT2D eigenvalue weighted by Gasteiger charge is 2.13. The van der Waals surface area contributed by atoms with Crippen LogP contribution in [0.4, 0.5) is 11.8 Å². The number of nitrogens with one attached hydrogen (secondary N) is 1. The molecule has 1 fully saturated rings. The summed E-state index contributed by atoms with van der Waals surface area (Å²) in [5, 5.41) is 0. The Kier molecular flexibility index (Phi) is 1.92. The predicted octanol–water partition coefficient (Wildman–Crippen LogP) is -0.0477. The van der Waals surface area contributed by atoms with E-state index in [9.17, 15) is 4.79 Å². The van der Waals surface area contributed by atoms with E-state index < -0.39 is 0 Å². The van der Waals surface area contributed by atoms with Gasteiger partial charge in [0, 0.05) is 19.2 Å².